The van der Waals surface area contributed by atoms with E-state index in [1.807, 2.05) is 6.92 Å². The maximum Gasteiger partial charge on any atom is 0.269 e. The van der Waals surface area contributed by atoms with Crippen LogP contribution in [0.2, 0.25) is 0 Å². The van der Waals surface area contributed by atoms with Gasteiger partial charge in [-0.1, -0.05) is 53.8 Å². The van der Waals surface area contributed by atoms with Crippen LogP contribution in [0.4, 0.5) is 5.69 Å². The minimum atomic E-state index is -4.17. The highest BCUT2D eigenvalue weighted by molar-refractivity contribution is 7.95. The van der Waals surface area contributed by atoms with Crippen LogP contribution < -0.4 is 10.6 Å². The van der Waals surface area contributed by atoms with Gasteiger partial charge in [-0.05, 0) is 36.8 Å². The Hall–Kier alpha value is -4.11. The summed E-state index contributed by atoms with van der Waals surface area (Å²) in [6, 6.07) is 19.6. The zero-order chi connectivity index (χ0) is 22.9. The molecular weight excluding hydrogens is 432 g/mol. The fraction of sp³-hybridized carbons (Fsp3) is 0.0435. The molecule has 162 valence electrons. The van der Waals surface area contributed by atoms with Gasteiger partial charge in [0.15, 0.2) is 5.76 Å². The molecule has 0 aliphatic carbocycles. The predicted octanol–water partition coefficient (Wildman–Crippen LogP) is 3.31. The minimum absolute atomic E-state index is 0.0177. The number of rotatable bonds is 5. The zero-order valence-corrected chi connectivity index (χ0v) is 17.6. The van der Waals surface area contributed by atoms with Crippen LogP contribution in [0.3, 0.4) is 0 Å². The van der Waals surface area contributed by atoms with Crippen LogP contribution >= 0.6 is 0 Å². The molecule has 3 aromatic carbocycles. The number of nitro benzene ring substituents is 1. The Morgan fingerprint density at radius 3 is 2.16 bits per heavy atom. The lowest BCUT2D eigenvalue weighted by Crippen LogP contribution is -2.18. The van der Waals surface area contributed by atoms with E-state index in [1.165, 1.54) is 36.4 Å². The standard InChI is InChI=1S/C23H18N2O6S/c1-15-7-9-16(10-8-15)21(26)20-23(32(29,30)19-5-3-2-4-6-19)22(31-24-20)17-11-13-18(14-12-17)25(27)28/h2-14,24,26H,1H3/p-1. The summed E-state index contributed by atoms with van der Waals surface area (Å²) in [7, 11) is -4.17. The maximum atomic E-state index is 13.5. The zero-order valence-electron chi connectivity index (χ0n) is 16.8. The van der Waals surface area contributed by atoms with Crippen LogP contribution in [-0.4, -0.2) is 13.3 Å². The average molecular weight is 449 g/mol. The van der Waals surface area contributed by atoms with Gasteiger partial charge in [0.05, 0.1) is 15.5 Å². The van der Waals surface area contributed by atoms with E-state index in [1.54, 1.807) is 42.5 Å². The molecule has 0 aromatic heterocycles. The van der Waals surface area contributed by atoms with E-state index in [0.29, 0.717) is 0 Å². The Kier molecular flexibility index (Phi) is 5.41. The normalized spacial score (nSPS) is 15.2. The molecule has 0 saturated carbocycles. The molecule has 1 aliphatic heterocycles. The largest absolute Gasteiger partial charge is 0.871 e. The van der Waals surface area contributed by atoms with Gasteiger partial charge in [-0.3, -0.25) is 10.1 Å². The molecule has 0 amide bonds. The van der Waals surface area contributed by atoms with Gasteiger partial charge >= 0.3 is 0 Å². The van der Waals surface area contributed by atoms with Crippen LogP contribution in [-0.2, 0) is 14.7 Å². The maximum absolute atomic E-state index is 13.5. The van der Waals surface area contributed by atoms with Crippen LogP contribution in [0, 0.1) is 17.0 Å². The topological polar surface area (TPSA) is 122 Å². The third-order valence-corrected chi connectivity index (χ3v) is 6.71. The Balaban J connectivity index is 1.95. The summed E-state index contributed by atoms with van der Waals surface area (Å²) in [6.07, 6.45) is 0. The van der Waals surface area contributed by atoms with Crippen LogP contribution in [0.25, 0.3) is 11.5 Å². The molecule has 4 rings (SSSR count). The van der Waals surface area contributed by atoms with Crippen molar-refractivity contribution in [3.05, 3.63) is 116 Å². The fourth-order valence-electron chi connectivity index (χ4n) is 3.21. The number of non-ortho nitro benzene ring substituents is 1. The highest BCUT2D eigenvalue weighted by Gasteiger charge is 2.35. The minimum Gasteiger partial charge on any atom is -0.871 e. The first-order chi connectivity index (χ1) is 15.3. The molecule has 0 unspecified atom stereocenters. The lowest BCUT2D eigenvalue weighted by Gasteiger charge is -2.18. The third kappa shape index (κ3) is 3.81. The van der Waals surface area contributed by atoms with Gasteiger partial charge in [0.25, 0.3) is 5.69 Å². The summed E-state index contributed by atoms with van der Waals surface area (Å²) in [5.74, 6) is -0.671. The molecule has 1 aliphatic rings. The number of hydroxylamine groups is 1. The van der Waals surface area contributed by atoms with Crippen molar-refractivity contribution < 1.29 is 23.3 Å². The highest BCUT2D eigenvalue weighted by atomic mass is 32.2. The van der Waals surface area contributed by atoms with Crippen molar-refractivity contribution >= 4 is 27.0 Å². The fourth-order valence-corrected chi connectivity index (χ4v) is 4.76. The van der Waals surface area contributed by atoms with Crippen LogP contribution in [0.15, 0.2) is 94.4 Å². The molecule has 0 bridgehead atoms. The second-order valence-electron chi connectivity index (χ2n) is 7.05. The Morgan fingerprint density at radius 2 is 1.56 bits per heavy atom. The summed E-state index contributed by atoms with van der Waals surface area (Å²) in [5, 5.41) is 24.2. The van der Waals surface area contributed by atoms with Gasteiger partial charge in [-0.15, -0.1) is 0 Å². The monoisotopic (exact) mass is 449 g/mol. The van der Waals surface area contributed by atoms with E-state index >= 15 is 0 Å². The van der Waals surface area contributed by atoms with Crippen molar-refractivity contribution in [2.75, 3.05) is 0 Å². The van der Waals surface area contributed by atoms with E-state index < -0.39 is 20.5 Å². The molecule has 0 saturated heterocycles. The predicted molar refractivity (Wildman–Crippen MR) is 116 cm³/mol. The summed E-state index contributed by atoms with van der Waals surface area (Å²) < 4.78 is 27.1. The van der Waals surface area contributed by atoms with E-state index in [-0.39, 0.29) is 38.1 Å². The summed E-state index contributed by atoms with van der Waals surface area (Å²) in [4.78, 5) is 15.5. The molecular formula is C23H17N2O6S-. The van der Waals surface area contributed by atoms with Gasteiger partial charge < -0.3 is 9.94 Å². The van der Waals surface area contributed by atoms with Crippen molar-refractivity contribution in [1.29, 1.82) is 0 Å². The van der Waals surface area contributed by atoms with Crippen LogP contribution in [0.5, 0.6) is 0 Å². The average Bonchev–Trinajstić information content (AvgIpc) is 3.26. The number of hydrogen-bond donors (Lipinski definition) is 1. The number of aryl methyl sites for hydroxylation is 1. The van der Waals surface area contributed by atoms with Gasteiger partial charge in [0.1, 0.15) is 4.91 Å². The van der Waals surface area contributed by atoms with Crippen molar-refractivity contribution in [2.24, 2.45) is 0 Å². The first-order valence-electron chi connectivity index (χ1n) is 9.50. The number of nitrogens with zero attached hydrogens (tertiary/aromatic N) is 1. The molecule has 0 spiro atoms. The van der Waals surface area contributed by atoms with Gasteiger partial charge in [0.2, 0.25) is 9.84 Å². The number of sulfone groups is 1. The lowest BCUT2D eigenvalue weighted by atomic mass is 10.1. The number of hydrogen-bond acceptors (Lipinski definition) is 7. The summed E-state index contributed by atoms with van der Waals surface area (Å²) in [6.45, 7) is 1.87. The molecule has 8 nitrogen and oxygen atoms in total. The quantitative estimate of drug-likeness (QED) is 0.360. The van der Waals surface area contributed by atoms with E-state index in [0.717, 1.165) is 5.56 Å². The second kappa shape index (κ2) is 8.20. The molecule has 3 aromatic rings. The van der Waals surface area contributed by atoms with Gasteiger partial charge in [-0.2, -0.15) is 0 Å². The first kappa shape index (κ1) is 21.1. The lowest BCUT2D eigenvalue weighted by molar-refractivity contribution is -0.384. The highest BCUT2D eigenvalue weighted by Crippen LogP contribution is 2.38. The van der Waals surface area contributed by atoms with Crippen molar-refractivity contribution in [3.63, 3.8) is 0 Å². The summed E-state index contributed by atoms with van der Waals surface area (Å²) >= 11 is 0. The van der Waals surface area contributed by atoms with Crippen LogP contribution in [0.1, 0.15) is 16.7 Å². The molecule has 0 radical (unpaired) electrons. The number of nitro groups is 1. The van der Waals surface area contributed by atoms with E-state index in [9.17, 15) is 23.6 Å². The van der Waals surface area contributed by atoms with E-state index in [4.69, 9.17) is 4.84 Å². The molecule has 32 heavy (non-hydrogen) atoms. The summed E-state index contributed by atoms with van der Waals surface area (Å²) in [5.41, 5.74) is 3.57. The van der Waals surface area contributed by atoms with Gasteiger partial charge in [-0.25, -0.2) is 13.9 Å². The number of benzene rings is 3. The second-order valence-corrected chi connectivity index (χ2v) is 8.94. The smallest absolute Gasteiger partial charge is 0.269 e. The Labute approximate surface area is 184 Å². The third-order valence-electron chi connectivity index (χ3n) is 4.89. The van der Waals surface area contributed by atoms with Crippen molar-refractivity contribution in [3.8, 4) is 0 Å². The molecule has 0 fully saturated rings. The number of nitrogens with one attached hydrogen (secondary N) is 1. The molecule has 1 heterocycles. The molecule has 1 N–H and O–H groups in total. The first-order valence-corrected chi connectivity index (χ1v) is 11.0. The van der Waals surface area contributed by atoms with Gasteiger partial charge in [0, 0.05) is 17.7 Å². The van der Waals surface area contributed by atoms with Crippen molar-refractivity contribution in [1.82, 2.24) is 5.48 Å². The molecule has 9 heteroatoms. The van der Waals surface area contributed by atoms with E-state index in [2.05, 4.69) is 5.48 Å². The SMILES string of the molecule is Cc1ccc(C([O-])=C2NOC(c3ccc([N+](=O)[O-])cc3)=C2S(=O)(=O)c2ccccc2)cc1. The molecule has 0 atom stereocenters. The van der Waals surface area contributed by atoms with Crippen molar-refractivity contribution in [2.45, 2.75) is 11.8 Å². The Morgan fingerprint density at radius 1 is 0.938 bits per heavy atom. The Bertz CT molecular complexity index is 1340.